The third-order valence-electron chi connectivity index (χ3n) is 2.24. The molecule has 16 heavy (non-hydrogen) atoms. The molecule has 1 aliphatic rings. The molecule has 6 heteroatoms. The number of nitro groups is 1. The Morgan fingerprint density at radius 2 is 2.06 bits per heavy atom. The molecule has 1 rings (SSSR count). The summed E-state index contributed by atoms with van der Waals surface area (Å²) in [6.07, 6.45) is 0.706. The standard InChI is InChI=1S/C10H20N4O2/c1-8(2)13-9(14(15)16)12(7-11-13)6-10(3,4)5/h7-9H,6H2,1-5H3. The molecule has 1 heterocycles. The Kier molecular flexibility index (Phi) is 3.40. The molecule has 0 aromatic heterocycles. The summed E-state index contributed by atoms with van der Waals surface area (Å²) in [5.41, 5.74) is 0.00721. The van der Waals surface area contributed by atoms with E-state index in [1.807, 2.05) is 13.8 Å². The fourth-order valence-electron chi connectivity index (χ4n) is 1.69. The van der Waals surface area contributed by atoms with E-state index in [9.17, 15) is 10.1 Å². The molecule has 1 aliphatic heterocycles. The SMILES string of the molecule is CC(C)N1N=CN(CC(C)(C)C)C1[N+](=O)[O-]. The van der Waals surface area contributed by atoms with Gasteiger partial charge in [0.05, 0.1) is 11.0 Å². The summed E-state index contributed by atoms with van der Waals surface area (Å²) in [6.45, 7) is 10.6. The van der Waals surface area contributed by atoms with Gasteiger partial charge in [-0.25, -0.2) is 5.01 Å². The van der Waals surface area contributed by atoms with Gasteiger partial charge >= 0.3 is 6.29 Å². The van der Waals surface area contributed by atoms with E-state index in [4.69, 9.17) is 0 Å². The number of hydrazone groups is 1. The fourth-order valence-corrected chi connectivity index (χ4v) is 1.69. The van der Waals surface area contributed by atoms with Crippen molar-refractivity contribution < 1.29 is 4.92 Å². The quantitative estimate of drug-likeness (QED) is 0.543. The Morgan fingerprint density at radius 3 is 2.44 bits per heavy atom. The zero-order chi connectivity index (χ0) is 12.5. The average Bonchev–Trinajstić information content (AvgIpc) is 2.44. The highest BCUT2D eigenvalue weighted by Gasteiger charge is 2.40. The first-order valence-electron chi connectivity index (χ1n) is 5.44. The zero-order valence-corrected chi connectivity index (χ0v) is 10.5. The van der Waals surface area contributed by atoms with Crippen molar-refractivity contribution in [3.05, 3.63) is 10.1 Å². The van der Waals surface area contributed by atoms with Gasteiger partial charge in [-0.1, -0.05) is 20.8 Å². The van der Waals surface area contributed by atoms with Crippen LogP contribution >= 0.6 is 0 Å². The van der Waals surface area contributed by atoms with Gasteiger partial charge in [-0.2, -0.15) is 5.10 Å². The maximum absolute atomic E-state index is 11.1. The molecule has 1 atom stereocenters. The van der Waals surface area contributed by atoms with Crippen LogP contribution in [0.25, 0.3) is 0 Å². The molecular weight excluding hydrogens is 208 g/mol. The number of rotatable bonds is 3. The van der Waals surface area contributed by atoms with Crippen molar-refractivity contribution in [2.75, 3.05) is 6.54 Å². The van der Waals surface area contributed by atoms with Crippen molar-refractivity contribution >= 4 is 6.34 Å². The van der Waals surface area contributed by atoms with Gasteiger partial charge < -0.3 is 0 Å². The van der Waals surface area contributed by atoms with E-state index in [0.717, 1.165) is 0 Å². The minimum atomic E-state index is -0.862. The molecule has 0 amide bonds. The number of nitrogens with zero attached hydrogens (tertiary/aromatic N) is 4. The normalized spacial score (nSPS) is 21.0. The van der Waals surface area contributed by atoms with Gasteiger partial charge in [-0.3, -0.25) is 15.0 Å². The summed E-state index contributed by atoms with van der Waals surface area (Å²) in [5.74, 6) is 0. The smallest absolute Gasteiger partial charge is 0.278 e. The van der Waals surface area contributed by atoms with Crippen LogP contribution in [-0.2, 0) is 0 Å². The van der Waals surface area contributed by atoms with Gasteiger partial charge in [-0.15, -0.1) is 0 Å². The Balaban J connectivity index is 2.81. The van der Waals surface area contributed by atoms with Crippen molar-refractivity contribution in [3.63, 3.8) is 0 Å². The second-order valence-electron chi connectivity index (χ2n) is 5.57. The zero-order valence-electron chi connectivity index (χ0n) is 10.5. The van der Waals surface area contributed by atoms with Gasteiger partial charge in [0.15, 0.2) is 0 Å². The predicted molar refractivity (Wildman–Crippen MR) is 62.4 cm³/mol. The Hall–Kier alpha value is -1.33. The molecule has 0 radical (unpaired) electrons. The van der Waals surface area contributed by atoms with Crippen molar-refractivity contribution in [2.24, 2.45) is 10.5 Å². The summed E-state index contributed by atoms with van der Waals surface area (Å²) >= 11 is 0. The molecule has 0 N–H and O–H groups in total. The van der Waals surface area contributed by atoms with Gasteiger partial charge in [0.25, 0.3) is 0 Å². The average molecular weight is 228 g/mol. The highest BCUT2D eigenvalue weighted by Crippen LogP contribution is 2.22. The Bertz CT molecular complexity index is 296. The first-order chi connectivity index (χ1) is 7.22. The first-order valence-corrected chi connectivity index (χ1v) is 5.44. The fraction of sp³-hybridized carbons (Fsp3) is 0.900. The van der Waals surface area contributed by atoms with Crippen molar-refractivity contribution in [1.29, 1.82) is 0 Å². The lowest BCUT2D eigenvalue weighted by atomic mass is 9.96. The second-order valence-corrected chi connectivity index (χ2v) is 5.57. The molecule has 1 unspecified atom stereocenters. The van der Waals surface area contributed by atoms with Crippen LogP contribution in [0.4, 0.5) is 0 Å². The monoisotopic (exact) mass is 228 g/mol. The van der Waals surface area contributed by atoms with Gasteiger partial charge in [0.1, 0.15) is 6.34 Å². The summed E-state index contributed by atoms with van der Waals surface area (Å²) in [4.78, 5) is 12.4. The third kappa shape index (κ3) is 2.84. The minimum absolute atomic E-state index is 0.00721. The Morgan fingerprint density at radius 1 is 1.50 bits per heavy atom. The largest absolute Gasteiger partial charge is 0.384 e. The number of hydrogen-bond acceptors (Lipinski definition) is 5. The molecule has 0 saturated carbocycles. The maximum Gasteiger partial charge on any atom is 0.384 e. The lowest BCUT2D eigenvalue weighted by Crippen LogP contribution is -2.50. The van der Waals surface area contributed by atoms with Gasteiger partial charge in [0.2, 0.25) is 0 Å². The molecule has 0 spiro atoms. The van der Waals surface area contributed by atoms with E-state index in [0.29, 0.717) is 6.54 Å². The molecule has 0 fully saturated rings. The first kappa shape index (κ1) is 12.7. The van der Waals surface area contributed by atoms with E-state index in [1.54, 1.807) is 11.2 Å². The molecule has 0 aromatic carbocycles. The summed E-state index contributed by atoms with van der Waals surface area (Å²) in [6, 6.07) is 0.0246. The lowest BCUT2D eigenvalue weighted by molar-refractivity contribution is -0.573. The summed E-state index contributed by atoms with van der Waals surface area (Å²) in [7, 11) is 0. The van der Waals surface area contributed by atoms with Crippen LogP contribution in [0.15, 0.2) is 5.10 Å². The number of hydrogen-bond donors (Lipinski definition) is 0. The van der Waals surface area contributed by atoms with Crippen molar-refractivity contribution in [1.82, 2.24) is 9.91 Å². The minimum Gasteiger partial charge on any atom is -0.278 e. The van der Waals surface area contributed by atoms with Gasteiger partial charge in [-0.05, 0) is 19.3 Å². The predicted octanol–water partition coefficient (Wildman–Crippen LogP) is 1.56. The van der Waals surface area contributed by atoms with Crippen LogP contribution in [0.5, 0.6) is 0 Å². The highest BCUT2D eigenvalue weighted by atomic mass is 16.6. The van der Waals surface area contributed by atoms with E-state index in [-0.39, 0.29) is 16.4 Å². The van der Waals surface area contributed by atoms with E-state index < -0.39 is 6.29 Å². The summed E-state index contributed by atoms with van der Waals surface area (Å²) in [5, 5.41) is 16.7. The Labute approximate surface area is 96.1 Å². The summed E-state index contributed by atoms with van der Waals surface area (Å²) < 4.78 is 0. The van der Waals surface area contributed by atoms with Crippen LogP contribution in [0, 0.1) is 15.5 Å². The van der Waals surface area contributed by atoms with Crippen LogP contribution in [0.2, 0.25) is 0 Å². The molecule has 0 aromatic rings. The van der Waals surface area contributed by atoms with Crippen LogP contribution in [0.3, 0.4) is 0 Å². The molecule has 0 saturated heterocycles. The van der Waals surface area contributed by atoms with Crippen LogP contribution in [0.1, 0.15) is 34.6 Å². The molecule has 0 bridgehead atoms. The molecular formula is C10H20N4O2. The highest BCUT2D eigenvalue weighted by molar-refractivity contribution is 5.56. The van der Waals surface area contributed by atoms with E-state index in [1.165, 1.54) is 5.01 Å². The van der Waals surface area contributed by atoms with Gasteiger partial charge in [0, 0.05) is 6.54 Å². The van der Waals surface area contributed by atoms with Crippen molar-refractivity contribution in [3.8, 4) is 0 Å². The molecule has 0 aliphatic carbocycles. The third-order valence-corrected chi connectivity index (χ3v) is 2.24. The van der Waals surface area contributed by atoms with E-state index >= 15 is 0 Å². The topological polar surface area (TPSA) is 62.0 Å². The molecule has 6 nitrogen and oxygen atoms in total. The van der Waals surface area contributed by atoms with Crippen molar-refractivity contribution in [2.45, 2.75) is 47.0 Å². The lowest BCUT2D eigenvalue weighted by Gasteiger charge is -2.29. The maximum atomic E-state index is 11.1. The van der Waals surface area contributed by atoms with Crippen LogP contribution in [-0.4, -0.2) is 40.0 Å². The molecule has 92 valence electrons. The van der Waals surface area contributed by atoms with Crippen LogP contribution < -0.4 is 0 Å². The second kappa shape index (κ2) is 4.27. The van der Waals surface area contributed by atoms with E-state index in [2.05, 4.69) is 25.9 Å².